The molecule has 0 spiro atoms. The molecule has 0 bridgehead atoms. The summed E-state index contributed by atoms with van der Waals surface area (Å²) >= 11 is 0. The number of hydrogen-bond donors (Lipinski definition) is 3. The van der Waals surface area contributed by atoms with Crippen molar-refractivity contribution >= 4 is 6.03 Å². The van der Waals surface area contributed by atoms with Crippen molar-refractivity contribution < 1.29 is 19.0 Å². The molecule has 1 aromatic carbocycles. The minimum absolute atomic E-state index is 0.0588. The first-order valence-corrected chi connectivity index (χ1v) is 6.80. The van der Waals surface area contributed by atoms with E-state index in [9.17, 15) is 9.18 Å². The summed E-state index contributed by atoms with van der Waals surface area (Å²) in [6, 6.07) is 3.61. The Morgan fingerprint density at radius 2 is 2.14 bits per heavy atom. The van der Waals surface area contributed by atoms with Gasteiger partial charge in [0.25, 0.3) is 0 Å². The third-order valence-electron chi connectivity index (χ3n) is 3.19. The van der Waals surface area contributed by atoms with E-state index in [4.69, 9.17) is 9.84 Å². The van der Waals surface area contributed by atoms with Crippen LogP contribution in [-0.4, -0.2) is 29.9 Å². The van der Waals surface area contributed by atoms with Crippen molar-refractivity contribution in [1.29, 1.82) is 0 Å². The van der Waals surface area contributed by atoms with Gasteiger partial charge in [-0.05, 0) is 44.9 Å². The van der Waals surface area contributed by atoms with Crippen LogP contribution in [0.1, 0.15) is 32.8 Å². The Morgan fingerprint density at radius 1 is 1.48 bits per heavy atom. The molecule has 1 rings (SSSR count). The number of phenols is 1. The smallest absolute Gasteiger partial charge is 0.315 e. The Bertz CT molecular complexity index is 492. The predicted molar refractivity (Wildman–Crippen MR) is 78.6 cm³/mol. The van der Waals surface area contributed by atoms with E-state index < -0.39 is 11.6 Å². The number of rotatable bonds is 6. The number of phenolic OH excluding ortho intramolecular Hbond substituents is 1. The first-order chi connectivity index (χ1) is 9.73. The molecule has 1 aromatic rings. The van der Waals surface area contributed by atoms with E-state index in [-0.39, 0.29) is 24.2 Å². The summed E-state index contributed by atoms with van der Waals surface area (Å²) in [6.45, 7) is 5.97. The van der Waals surface area contributed by atoms with Crippen LogP contribution in [0.3, 0.4) is 0 Å². The molecule has 0 aliphatic heterocycles. The summed E-state index contributed by atoms with van der Waals surface area (Å²) in [7, 11) is 1.63. The monoisotopic (exact) mass is 298 g/mol. The number of hydrogen-bond acceptors (Lipinski definition) is 3. The van der Waals surface area contributed by atoms with Crippen LogP contribution in [-0.2, 0) is 11.3 Å². The number of aromatic hydroxyl groups is 1. The largest absolute Gasteiger partial charge is 0.505 e. The van der Waals surface area contributed by atoms with Crippen molar-refractivity contribution in [3.63, 3.8) is 0 Å². The zero-order valence-electron chi connectivity index (χ0n) is 12.9. The number of benzene rings is 1. The van der Waals surface area contributed by atoms with E-state index in [2.05, 4.69) is 10.6 Å². The molecule has 118 valence electrons. The molecule has 0 saturated carbocycles. The van der Waals surface area contributed by atoms with Crippen LogP contribution in [0, 0.1) is 5.82 Å². The van der Waals surface area contributed by atoms with Crippen molar-refractivity contribution in [1.82, 2.24) is 10.6 Å². The molecular formula is C15H23FN2O3. The number of urea groups is 1. The quantitative estimate of drug-likeness (QED) is 0.756. The second-order valence-electron chi connectivity index (χ2n) is 5.68. The first-order valence-electron chi connectivity index (χ1n) is 6.80. The van der Waals surface area contributed by atoms with Crippen LogP contribution >= 0.6 is 0 Å². The molecule has 5 nitrogen and oxygen atoms in total. The third kappa shape index (κ3) is 5.99. The fraction of sp³-hybridized carbons (Fsp3) is 0.533. The first kappa shape index (κ1) is 17.2. The molecule has 0 heterocycles. The lowest BCUT2D eigenvalue weighted by molar-refractivity contribution is 0.00950. The van der Waals surface area contributed by atoms with Gasteiger partial charge in [-0.25, -0.2) is 9.18 Å². The third-order valence-corrected chi connectivity index (χ3v) is 3.19. The Balaban J connectivity index is 2.42. The number of carbonyl (C=O) groups is 1. The SMILES string of the molecule is COC(C)(C)C[C@@H](C)NC(=O)NCc1ccc(O)c(F)c1. The maximum Gasteiger partial charge on any atom is 0.315 e. The lowest BCUT2D eigenvalue weighted by atomic mass is 10.00. The summed E-state index contributed by atoms with van der Waals surface area (Å²) in [5, 5.41) is 14.5. The second-order valence-corrected chi connectivity index (χ2v) is 5.68. The fourth-order valence-corrected chi connectivity index (χ4v) is 1.99. The number of halogens is 1. The van der Waals surface area contributed by atoms with Crippen LogP contribution in [0.25, 0.3) is 0 Å². The molecule has 3 N–H and O–H groups in total. The average molecular weight is 298 g/mol. The van der Waals surface area contributed by atoms with Crippen molar-refractivity contribution in [2.75, 3.05) is 7.11 Å². The van der Waals surface area contributed by atoms with Gasteiger partial charge in [0.15, 0.2) is 11.6 Å². The van der Waals surface area contributed by atoms with Crippen LogP contribution < -0.4 is 10.6 Å². The van der Waals surface area contributed by atoms with Crippen LogP contribution in [0.15, 0.2) is 18.2 Å². The standard InChI is InChI=1S/C15H23FN2O3/c1-10(8-15(2,3)21-4)18-14(20)17-9-11-5-6-13(19)12(16)7-11/h5-7,10,19H,8-9H2,1-4H3,(H2,17,18,20)/t10-/m1/s1. The van der Waals surface area contributed by atoms with Crippen molar-refractivity contribution in [3.8, 4) is 5.75 Å². The van der Waals surface area contributed by atoms with E-state index in [1.54, 1.807) is 13.2 Å². The topological polar surface area (TPSA) is 70.6 Å². The molecule has 21 heavy (non-hydrogen) atoms. The number of methoxy groups -OCH3 is 1. The number of ether oxygens (including phenoxy) is 1. The molecule has 0 saturated heterocycles. The summed E-state index contributed by atoms with van der Waals surface area (Å²) in [6.07, 6.45) is 0.671. The van der Waals surface area contributed by atoms with Gasteiger partial charge in [0, 0.05) is 19.7 Å². The predicted octanol–water partition coefficient (Wildman–Crippen LogP) is 2.53. The maximum atomic E-state index is 13.1. The fourth-order valence-electron chi connectivity index (χ4n) is 1.99. The zero-order chi connectivity index (χ0) is 16.0. The van der Waals surface area contributed by atoms with E-state index >= 15 is 0 Å². The molecule has 0 aliphatic carbocycles. The molecule has 0 unspecified atom stereocenters. The van der Waals surface area contributed by atoms with Crippen LogP contribution in [0.2, 0.25) is 0 Å². The Hall–Kier alpha value is -1.82. The van der Waals surface area contributed by atoms with E-state index in [0.717, 1.165) is 0 Å². The van der Waals surface area contributed by atoms with Crippen molar-refractivity contribution in [3.05, 3.63) is 29.6 Å². The summed E-state index contributed by atoms with van der Waals surface area (Å²) in [5.41, 5.74) is 0.262. The summed E-state index contributed by atoms with van der Waals surface area (Å²) in [4.78, 5) is 11.7. The highest BCUT2D eigenvalue weighted by Gasteiger charge is 2.21. The van der Waals surface area contributed by atoms with Gasteiger partial charge < -0.3 is 20.5 Å². The van der Waals surface area contributed by atoms with Crippen molar-refractivity contribution in [2.24, 2.45) is 0 Å². The Kier molecular flexibility index (Phi) is 5.96. The van der Waals surface area contributed by atoms with E-state index in [1.165, 1.54) is 12.1 Å². The summed E-state index contributed by atoms with van der Waals surface area (Å²) < 4.78 is 18.5. The minimum Gasteiger partial charge on any atom is -0.505 e. The van der Waals surface area contributed by atoms with Crippen molar-refractivity contribution in [2.45, 2.75) is 45.4 Å². The summed E-state index contributed by atoms with van der Waals surface area (Å²) in [5.74, 6) is -1.11. The molecule has 0 aromatic heterocycles. The highest BCUT2D eigenvalue weighted by molar-refractivity contribution is 5.74. The van der Waals surface area contributed by atoms with E-state index in [0.29, 0.717) is 12.0 Å². The Labute approximate surface area is 124 Å². The van der Waals surface area contributed by atoms with Gasteiger partial charge in [0.05, 0.1) is 5.60 Å². The van der Waals surface area contributed by atoms with Gasteiger partial charge in [-0.3, -0.25) is 0 Å². The van der Waals surface area contributed by atoms with Gasteiger partial charge in [0.1, 0.15) is 0 Å². The molecule has 0 aliphatic rings. The molecular weight excluding hydrogens is 275 g/mol. The Morgan fingerprint density at radius 3 is 2.71 bits per heavy atom. The van der Waals surface area contributed by atoms with Gasteiger partial charge in [-0.15, -0.1) is 0 Å². The van der Waals surface area contributed by atoms with E-state index in [1.807, 2.05) is 20.8 Å². The number of carbonyl (C=O) groups excluding carboxylic acids is 1. The zero-order valence-corrected chi connectivity index (χ0v) is 12.9. The lowest BCUT2D eigenvalue weighted by Gasteiger charge is -2.27. The van der Waals surface area contributed by atoms with Gasteiger partial charge in [0.2, 0.25) is 0 Å². The molecule has 6 heteroatoms. The van der Waals surface area contributed by atoms with Crippen LogP contribution in [0.5, 0.6) is 5.75 Å². The maximum absolute atomic E-state index is 13.1. The minimum atomic E-state index is -0.704. The second kappa shape index (κ2) is 7.26. The highest BCUT2D eigenvalue weighted by atomic mass is 19.1. The molecule has 1 atom stereocenters. The average Bonchev–Trinajstić information content (AvgIpc) is 2.39. The lowest BCUT2D eigenvalue weighted by Crippen LogP contribution is -2.43. The molecule has 0 radical (unpaired) electrons. The van der Waals surface area contributed by atoms with Gasteiger partial charge in [-0.2, -0.15) is 0 Å². The normalized spacial score (nSPS) is 12.8. The highest BCUT2D eigenvalue weighted by Crippen LogP contribution is 2.16. The molecule has 0 fully saturated rings. The van der Waals surface area contributed by atoms with Gasteiger partial charge in [-0.1, -0.05) is 6.07 Å². The van der Waals surface area contributed by atoms with Gasteiger partial charge >= 0.3 is 6.03 Å². The number of nitrogens with one attached hydrogen (secondary N) is 2. The number of amides is 2. The van der Waals surface area contributed by atoms with Crippen LogP contribution in [0.4, 0.5) is 9.18 Å². The molecule has 2 amide bonds.